The SMILES string of the molecule is COc1cccc(/C=C(\C#N)C(=O)Nc2cccc(Cl)c2Cl)c1OC(F)F. The minimum absolute atomic E-state index is 0.0274. The van der Waals surface area contributed by atoms with Crippen LogP contribution in [0.3, 0.4) is 0 Å². The molecule has 0 saturated carbocycles. The van der Waals surface area contributed by atoms with E-state index in [9.17, 15) is 18.8 Å². The minimum atomic E-state index is -3.11. The van der Waals surface area contributed by atoms with Gasteiger partial charge in [0, 0.05) is 5.56 Å². The highest BCUT2D eigenvalue weighted by Gasteiger charge is 2.17. The molecule has 0 unspecified atom stereocenters. The molecule has 1 N–H and O–H groups in total. The van der Waals surface area contributed by atoms with Crippen LogP contribution in [0.15, 0.2) is 42.0 Å². The molecule has 2 aromatic rings. The summed E-state index contributed by atoms with van der Waals surface area (Å²) < 4.78 is 34.8. The monoisotopic (exact) mass is 412 g/mol. The first kappa shape index (κ1) is 20.5. The average molecular weight is 413 g/mol. The van der Waals surface area contributed by atoms with Gasteiger partial charge in [-0.05, 0) is 24.3 Å². The van der Waals surface area contributed by atoms with Crippen molar-refractivity contribution in [1.29, 1.82) is 5.26 Å². The highest BCUT2D eigenvalue weighted by Crippen LogP contribution is 2.34. The van der Waals surface area contributed by atoms with Crippen LogP contribution < -0.4 is 14.8 Å². The number of rotatable bonds is 6. The smallest absolute Gasteiger partial charge is 0.387 e. The molecule has 0 atom stereocenters. The van der Waals surface area contributed by atoms with Gasteiger partial charge < -0.3 is 14.8 Å². The summed E-state index contributed by atoms with van der Waals surface area (Å²) in [7, 11) is 1.28. The van der Waals surface area contributed by atoms with Crippen LogP contribution in [0.2, 0.25) is 10.0 Å². The van der Waals surface area contributed by atoms with E-state index in [0.717, 1.165) is 6.08 Å². The number of nitriles is 1. The molecule has 2 rings (SSSR count). The molecule has 9 heteroatoms. The minimum Gasteiger partial charge on any atom is -0.493 e. The average Bonchev–Trinajstić information content (AvgIpc) is 2.63. The van der Waals surface area contributed by atoms with Crippen molar-refractivity contribution in [3.63, 3.8) is 0 Å². The molecule has 0 radical (unpaired) electrons. The molecule has 0 heterocycles. The number of carbonyl (C=O) groups excluding carboxylic acids is 1. The number of alkyl halides is 2. The zero-order valence-corrected chi connectivity index (χ0v) is 15.3. The fourth-order valence-electron chi connectivity index (χ4n) is 2.12. The van der Waals surface area contributed by atoms with Gasteiger partial charge in [0.2, 0.25) is 0 Å². The second kappa shape index (κ2) is 9.21. The molecule has 0 aliphatic rings. The first-order valence-electron chi connectivity index (χ1n) is 7.36. The van der Waals surface area contributed by atoms with Gasteiger partial charge in [-0.2, -0.15) is 14.0 Å². The largest absolute Gasteiger partial charge is 0.493 e. The van der Waals surface area contributed by atoms with Crippen molar-refractivity contribution in [1.82, 2.24) is 0 Å². The maximum Gasteiger partial charge on any atom is 0.387 e. The Kier molecular flexibility index (Phi) is 6.99. The summed E-state index contributed by atoms with van der Waals surface area (Å²) in [5.41, 5.74) is -0.0954. The van der Waals surface area contributed by atoms with Crippen LogP contribution in [0.5, 0.6) is 11.5 Å². The number of anilines is 1. The molecule has 140 valence electrons. The lowest BCUT2D eigenvalue weighted by atomic mass is 10.1. The van der Waals surface area contributed by atoms with E-state index >= 15 is 0 Å². The lowest BCUT2D eigenvalue weighted by molar-refractivity contribution is -0.112. The fourth-order valence-corrected chi connectivity index (χ4v) is 2.46. The molecule has 0 fully saturated rings. The molecule has 0 spiro atoms. The zero-order valence-electron chi connectivity index (χ0n) is 13.8. The van der Waals surface area contributed by atoms with Crippen LogP contribution >= 0.6 is 23.2 Å². The maximum absolute atomic E-state index is 12.7. The second-order valence-corrected chi connectivity index (χ2v) is 5.77. The summed E-state index contributed by atoms with van der Waals surface area (Å²) in [6.45, 7) is -3.11. The van der Waals surface area contributed by atoms with E-state index in [4.69, 9.17) is 27.9 Å². The van der Waals surface area contributed by atoms with E-state index in [1.165, 1.54) is 37.4 Å². The predicted octanol–water partition coefficient (Wildman–Crippen LogP) is 5.15. The molecule has 0 saturated heterocycles. The first-order valence-corrected chi connectivity index (χ1v) is 8.12. The van der Waals surface area contributed by atoms with Gasteiger partial charge in [-0.15, -0.1) is 0 Å². The normalized spacial score (nSPS) is 11.1. The number of para-hydroxylation sites is 1. The Morgan fingerprint density at radius 1 is 1.26 bits per heavy atom. The maximum atomic E-state index is 12.7. The van der Waals surface area contributed by atoms with Crippen LogP contribution in [0.25, 0.3) is 6.08 Å². The molecular weight excluding hydrogens is 401 g/mol. The zero-order chi connectivity index (χ0) is 20.0. The number of nitrogens with one attached hydrogen (secondary N) is 1. The van der Waals surface area contributed by atoms with Gasteiger partial charge in [0.1, 0.15) is 11.6 Å². The van der Waals surface area contributed by atoms with Crippen molar-refractivity contribution < 1.29 is 23.0 Å². The standard InChI is InChI=1S/C18H12Cl2F2N2O3/c1-26-14-7-2-4-10(16(14)27-18(21)22)8-11(9-23)17(25)24-13-6-3-5-12(19)15(13)20/h2-8,18H,1H3,(H,24,25)/b11-8+. The van der Waals surface area contributed by atoms with Crippen LogP contribution in [-0.2, 0) is 4.79 Å². The Morgan fingerprint density at radius 2 is 1.96 bits per heavy atom. The number of hydrogen-bond acceptors (Lipinski definition) is 4. The van der Waals surface area contributed by atoms with E-state index in [1.807, 2.05) is 0 Å². The number of halogens is 4. The topological polar surface area (TPSA) is 71.3 Å². The number of ether oxygens (including phenoxy) is 2. The summed E-state index contributed by atoms with van der Waals surface area (Å²) in [4.78, 5) is 12.4. The molecule has 0 aliphatic heterocycles. The lowest BCUT2D eigenvalue weighted by Crippen LogP contribution is -2.14. The number of hydrogen-bond donors (Lipinski definition) is 1. The molecule has 0 aliphatic carbocycles. The highest BCUT2D eigenvalue weighted by molar-refractivity contribution is 6.44. The summed E-state index contributed by atoms with van der Waals surface area (Å²) in [6.07, 6.45) is 1.11. The third-order valence-corrected chi connectivity index (χ3v) is 4.12. The Labute approximate surface area is 163 Å². The summed E-state index contributed by atoms with van der Waals surface area (Å²) in [6, 6.07) is 10.6. The summed E-state index contributed by atoms with van der Waals surface area (Å²) >= 11 is 11.9. The van der Waals surface area contributed by atoms with E-state index in [1.54, 1.807) is 12.1 Å². The number of benzene rings is 2. The number of nitrogens with zero attached hydrogens (tertiary/aromatic N) is 1. The predicted molar refractivity (Wildman–Crippen MR) is 98.3 cm³/mol. The van der Waals surface area contributed by atoms with Crippen molar-refractivity contribution in [3.8, 4) is 17.6 Å². The van der Waals surface area contributed by atoms with Gasteiger partial charge in [-0.25, -0.2) is 0 Å². The third kappa shape index (κ3) is 5.09. The van der Waals surface area contributed by atoms with Crippen LogP contribution in [-0.4, -0.2) is 19.6 Å². The van der Waals surface area contributed by atoms with E-state index in [0.29, 0.717) is 0 Å². The Hall–Kier alpha value is -2.82. The van der Waals surface area contributed by atoms with Crippen LogP contribution in [0.1, 0.15) is 5.56 Å². The summed E-state index contributed by atoms with van der Waals surface area (Å²) in [5, 5.41) is 12.1. The lowest BCUT2D eigenvalue weighted by Gasteiger charge is -2.13. The van der Waals surface area contributed by atoms with E-state index in [2.05, 4.69) is 10.1 Å². The fraction of sp³-hybridized carbons (Fsp3) is 0.111. The molecule has 1 amide bonds. The number of amides is 1. The van der Waals surface area contributed by atoms with Crippen LogP contribution in [0, 0.1) is 11.3 Å². The van der Waals surface area contributed by atoms with Crippen molar-refractivity contribution in [2.24, 2.45) is 0 Å². The van der Waals surface area contributed by atoms with Crippen molar-refractivity contribution >= 4 is 40.9 Å². The summed E-state index contributed by atoms with van der Waals surface area (Å²) in [5.74, 6) is -1.07. The molecule has 5 nitrogen and oxygen atoms in total. The quantitative estimate of drug-likeness (QED) is 0.525. The van der Waals surface area contributed by atoms with Crippen molar-refractivity contribution in [2.45, 2.75) is 6.61 Å². The molecule has 27 heavy (non-hydrogen) atoms. The van der Waals surface area contributed by atoms with Crippen molar-refractivity contribution in [2.75, 3.05) is 12.4 Å². The van der Waals surface area contributed by atoms with Crippen LogP contribution in [0.4, 0.5) is 14.5 Å². The van der Waals surface area contributed by atoms with Gasteiger partial charge >= 0.3 is 6.61 Å². The second-order valence-electron chi connectivity index (χ2n) is 4.98. The highest BCUT2D eigenvalue weighted by atomic mass is 35.5. The first-order chi connectivity index (χ1) is 12.9. The third-order valence-electron chi connectivity index (χ3n) is 3.30. The Balaban J connectivity index is 2.39. The van der Waals surface area contributed by atoms with Gasteiger partial charge in [-0.3, -0.25) is 4.79 Å². The Morgan fingerprint density at radius 3 is 2.59 bits per heavy atom. The van der Waals surface area contributed by atoms with Crippen molar-refractivity contribution in [3.05, 3.63) is 57.6 Å². The Bertz CT molecular complexity index is 927. The van der Waals surface area contributed by atoms with Gasteiger partial charge in [0.05, 0.1) is 22.8 Å². The number of methoxy groups -OCH3 is 1. The molecular formula is C18H12Cl2F2N2O3. The molecule has 2 aromatic carbocycles. The van der Waals surface area contributed by atoms with E-state index in [-0.39, 0.29) is 38.4 Å². The number of carbonyl (C=O) groups is 1. The molecule has 0 aromatic heterocycles. The van der Waals surface area contributed by atoms with Gasteiger partial charge in [0.25, 0.3) is 5.91 Å². The molecule has 0 bridgehead atoms. The van der Waals surface area contributed by atoms with Gasteiger partial charge in [-0.1, -0.05) is 41.4 Å². The van der Waals surface area contributed by atoms with E-state index < -0.39 is 12.5 Å². The van der Waals surface area contributed by atoms with Gasteiger partial charge in [0.15, 0.2) is 11.5 Å².